The molecule has 1 fully saturated rings. The SMILES string of the molecule is C[C@H](c1ccc(/C(N)=N/O)nc1)[C@H]1CCC(Cc2ccc(C(=O)N(C)Cc3cccnc3)cc2)C1. The Labute approximate surface area is 206 Å². The molecule has 1 saturated carbocycles. The van der Waals surface area contributed by atoms with Crippen molar-refractivity contribution in [2.24, 2.45) is 22.7 Å². The average Bonchev–Trinajstić information content (AvgIpc) is 3.37. The van der Waals surface area contributed by atoms with E-state index in [0.29, 0.717) is 35.6 Å². The number of benzene rings is 1. The highest BCUT2D eigenvalue weighted by molar-refractivity contribution is 5.95. The van der Waals surface area contributed by atoms with E-state index < -0.39 is 0 Å². The van der Waals surface area contributed by atoms with E-state index >= 15 is 0 Å². The highest BCUT2D eigenvalue weighted by Crippen LogP contribution is 2.41. The zero-order valence-electron chi connectivity index (χ0n) is 20.3. The van der Waals surface area contributed by atoms with Crippen molar-refractivity contribution in [3.63, 3.8) is 0 Å². The molecular weight excluding hydrogens is 438 g/mol. The highest BCUT2D eigenvalue weighted by Gasteiger charge is 2.29. The molecule has 1 amide bonds. The Hall–Kier alpha value is -3.74. The van der Waals surface area contributed by atoms with Crippen molar-refractivity contribution >= 4 is 11.7 Å². The Bertz CT molecular complexity index is 1150. The number of nitrogens with zero attached hydrogens (tertiary/aromatic N) is 4. The van der Waals surface area contributed by atoms with Gasteiger partial charge in [-0.25, -0.2) is 0 Å². The fourth-order valence-electron chi connectivity index (χ4n) is 5.08. The summed E-state index contributed by atoms with van der Waals surface area (Å²) < 4.78 is 0. The lowest BCUT2D eigenvalue weighted by atomic mass is 9.86. The number of amides is 1. The molecule has 182 valence electrons. The summed E-state index contributed by atoms with van der Waals surface area (Å²) in [6.07, 6.45) is 9.98. The van der Waals surface area contributed by atoms with Crippen molar-refractivity contribution in [1.82, 2.24) is 14.9 Å². The van der Waals surface area contributed by atoms with Crippen molar-refractivity contribution in [2.75, 3.05) is 7.05 Å². The van der Waals surface area contributed by atoms with Gasteiger partial charge >= 0.3 is 0 Å². The van der Waals surface area contributed by atoms with Gasteiger partial charge < -0.3 is 15.8 Å². The predicted octanol–water partition coefficient (Wildman–Crippen LogP) is 4.61. The first-order valence-electron chi connectivity index (χ1n) is 12.1. The van der Waals surface area contributed by atoms with Gasteiger partial charge in [0, 0.05) is 37.7 Å². The Kier molecular flexibility index (Phi) is 7.75. The lowest BCUT2D eigenvalue weighted by molar-refractivity contribution is 0.0785. The van der Waals surface area contributed by atoms with Crippen LogP contribution in [0.4, 0.5) is 0 Å². The van der Waals surface area contributed by atoms with Crippen molar-refractivity contribution in [1.29, 1.82) is 0 Å². The Balaban J connectivity index is 1.30. The summed E-state index contributed by atoms with van der Waals surface area (Å²) in [6, 6.07) is 15.8. The van der Waals surface area contributed by atoms with Crippen LogP contribution in [0.25, 0.3) is 0 Å². The molecule has 0 radical (unpaired) electrons. The number of hydrogen-bond donors (Lipinski definition) is 2. The quantitative estimate of drug-likeness (QED) is 0.216. The van der Waals surface area contributed by atoms with Gasteiger partial charge in [-0.3, -0.25) is 14.8 Å². The van der Waals surface area contributed by atoms with Gasteiger partial charge in [-0.2, -0.15) is 0 Å². The number of rotatable bonds is 8. The van der Waals surface area contributed by atoms with E-state index in [9.17, 15) is 4.79 Å². The smallest absolute Gasteiger partial charge is 0.253 e. The summed E-state index contributed by atoms with van der Waals surface area (Å²) in [6.45, 7) is 2.80. The first-order valence-corrected chi connectivity index (χ1v) is 12.1. The number of nitrogens with two attached hydrogens (primary N) is 1. The Morgan fingerprint density at radius 3 is 2.60 bits per heavy atom. The number of aromatic nitrogens is 2. The van der Waals surface area contributed by atoms with E-state index in [1.54, 1.807) is 17.3 Å². The second-order valence-corrected chi connectivity index (χ2v) is 9.61. The van der Waals surface area contributed by atoms with Gasteiger partial charge in [0.2, 0.25) is 0 Å². The van der Waals surface area contributed by atoms with Gasteiger partial charge in [0.05, 0.1) is 0 Å². The van der Waals surface area contributed by atoms with Crippen LogP contribution in [0.1, 0.15) is 64.8 Å². The summed E-state index contributed by atoms with van der Waals surface area (Å²) in [5.74, 6) is 1.70. The molecule has 1 aliphatic rings. The van der Waals surface area contributed by atoms with Crippen LogP contribution in [0.2, 0.25) is 0 Å². The zero-order chi connectivity index (χ0) is 24.8. The topological polar surface area (TPSA) is 105 Å². The molecule has 0 aliphatic heterocycles. The molecule has 3 aromatic rings. The summed E-state index contributed by atoms with van der Waals surface area (Å²) in [4.78, 5) is 23.0. The molecule has 0 bridgehead atoms. The van der Waals surface area contributed by atoms with E-state index in [2.05, 4.69) is 34.2 Å². The number of pyridine rings is 2. The average molecular weight is 472 g/mol. The number of carbonyl (C=O) groups is 1. The molecule has 4 rings (SSSR count). The summed E-state index contributed by atoms with van der Waals surface area (Å²) >= 11 is 0. The van der Waals surface area contributed by atoms with E-state index in [1.165, 1.54) is 30.4 Å². The first-order chi connectivity index (χ1) is 16.9. The largest absolute Gasteiger partial charge is 0.409 e. The van der Waals surface area contributed by atoms with Crippen LogP contribution in [0.3, 0.4) is 0 Å². The molecule has 2 aromatic heterocycles. The zero-order valence-corrected chi connectivity index (χ0v) is 20.3. The fraction of sp³-hybridized carbons (Fsp3) is 0.357. The molecule has 7 heteroatoms. The third-order valence-electron chi connectivity index (χ3n) is 7.19. The van der Waals surface area contributed by atoms with Crippen LogP contribution in [-0.2, 0) is 13.0 Å². The van der Waals surface area contributed by atoms with Gasteiger partial charge in [-0.05, 0) is 84.4 Å². The van der Waals surface area contributed by atoms with Gasteiger partial charge in [-0.1, -0.05) is 36.3 Å². The van der Waals surface area contributed by atoms with Crippen molar-refractivity contribution in [3.8, 4) is 0 Å². The third kappa shape index (κ3) is 6.04. The first kappa shape index (κ1) is 24.4. The van der Waals surface area contributed by atoms with Crippen LogP contribution >= 0.6 is 0 Å². The van der Waals surface area contributed by atoms with E-state index in [4.69, 9.17) is 10.9 Å². The second kappa shape index (κ2) is 11.1. The van der Waals surface area contributed by atoms with Gasteiger partial charge in [0.15, 0.2) is 5.84 Å². The van der Waals surface area contributed by atoms with Gasteiger partial charge in [0.25, 0.3) is 5.91 Å². The van der Waals surface area contributed by atoms with Crippen LogP contribution < -0.4 is 5.73 Å². The minimum absolute atomic E-state index is 0.0156. The second-order valence-electron chi connectivity index (χ2n) is 9.61. The molecular formula is C28H33N5O2. The molecule has 3 atom stereocenters. The standard InChI is InChI=1S/C28H33N5O2/c1-19(25-11-12-26(31-17-25)27(29)32-35)24-10-7-21(15-24)14-20-5-8-23(9-6-20)28(34)33(2)18-22-4-3-13-30-16-22/h3-6,8-9,11-13,16-17,19,21,24,35H,7,10,14-15,18H2,1-2H3,(H2,29,32)/t19-,21?,24-/m0/s1. The molecule has 3 N–H and O–H groups in total. The van der Waals surface area contributed by atoms with E-state index in [0.717, 1.165) is 12.0 Å². The lowest BCUT2D eigenvalue weighted by Crippen LogP contribution is -2.26. The van der Waals surface area contributed by atoms with Crippen LogP contribution in [-0.4, -0.2) is 38.9 Å². The number of carbonyl (C=O) groups excluding carboxylic acids is 1. The molecule has 7 nitrogen and oxygen atoms in total. The summed E-state index contributed by atoms with van der Waals surface area (Å²) in [5, 5.41) is 11.8. The van der Waals surface area contributed by atoms with Gasteiger partial charge in [-0.15, -0.1) is 0 Å². The summed E-state index contributed by atoms with van der Waals surface area (Å²) in [7, 11) is 1.82. The van der Waals surface area contributed by atoms with Crippen molar-refractivity contribution in [3.05, 3.63) is 95.1 Å². The Morgan fingerprint density at radius 1 is 1.14 bits per heavy atom. The van der Waals surface area contributed by atoms with Gasteiger partial charge in [0.1, 0.15) is 5.69 Å². The van der Waals surface area contributed by atoms with Crippen molar-refractivity contribution in [2.45, 2.75) is 45.1 Å². The van der Waals surface area contributed by atoms with E-state index in [-0.39, 0.29) is 11.7 Å². The third-order valence-corrected chi connectivity index (χ3v) is 7.19. The number of amidine groups is 1. The molecule has 1 unspecified atom stereocenters. The molecule has 1 aliphatic carbocycles. The molecule has 35 heavy (non-hydrogen) atoms. The van der Waals surface area contributed by atoms with E-state index in [1.807, 2.05) is 49.6 Å². The molecule has 0 saturated heterocycles. The maximum absolute atomic E-state index is 12.8. The van der Waals surface area contributed by atoms with Crippen LogP contribution in [0.5, 0.6) is 0 Å². The Morgan fingerprint density at radius 2 is 1.94 bits per heavy atom. The molecule has 2 heterocycles. The van der Waals surface area contributed by atoms with Crippen LogP contribution in [0, 0.1) is 11.8 Å². The number of hydrogen-bond acceptors (Lipinski definition) is 5. The normalized spacial score (nSPS) is 18.9. The maximum atomic E-state index is 12.8. The lowest BCUT2D eigenvalue weighted by Gasteiger charge is -2.20. The molecule has 1 aromatic carbocycles. The fourth-order valence-corrected chi connectivity index (χ4v) is 5.08. The monoisotopic (exact) mass is 471 g/mol. The highest BCUT2D eigenvalue weighted by atomic mass is 16.4. The minimum Gasteiger partial charge on any atom is -0.409 e. The minimum atomic E-state index is 0.0156. The maximum Gasteiger partial charge on any atom is 0.253 e. The van der Waals surface area contributed by atoms with Crippen LogP contribution in [0.15, 0.2) is 72.3 Å². The van der Waals surface area contributed by atoms with Crippen molar-refractivity contribution < 1.29 is 10.0 Å². The summed E-state index contributed by atoms with van der Waals surface area (Å²) in [5.41, 5.74) is 10.3. The number of oxime groups is 1. The molecule has 0 spiro atoms. The predicted molar refractivity (Wildman–Crippen MR) is 136 cm³/mol.